The zero-order valence-corrected chi connectivity index (χ0v) is 12.6. The Morgan fingerprint density at radius 1 is 1.32 bits per heavy atom. The van der Waals surface area contributed by atoms with Crippen molar-refractivity contribution in [2.75, 3.05) is 5.88 Å². The average molecular weight is 280 g/mol. The summed E-state index contributed by atoms with van der Waals surface area (Å²) in [5.41, 5.74) is 2.27. The third kappa shape index (κ3) is 3.48. The van der Waals surface area contributed by atoms with E-state index in [1.807, 2.05) is 17.8 Å². The van der Waals surface area contributed by atoms with Crippen molar-refractivity contribution in [2.45, 2.75) is 32.9 Å². The van der Waals surface area contributed by atoms with E-state index in [0.29, 0.717) is 17.8 Å². The van der Waals surface area contributed by atoms with Gasteiger partial charge in [0, 0.05) is 30.9 Å². The lowest BCUT2D eigenvalue weighted by atomic mass is 10.1. The first-order valence-electron chi connectivity index (χ1n) is 6.81. The Kier molecular flexibility index (Phi) is 4.83. The van der Waals surface area contributed by atoms with Crippen molar-refractivity contribution in [3.8, 4) is 0 Å². The van der Waals surface area contributed by atoms with E-state index in [4.69, 9.17) is 11.6 Å². The summed E-state index contributed by atoms with van der Waals surface area (Å²) in [6.45, 7) is 5.21. The first-order valence-corrected chi connectivity index (χ1v) is 7.35. The fourth-order valence-corrected chi connectivity index (χ4v) is 2.67. The number of nitrogens with zero attached hydrogens (tertiary/aromatic N) is 2. The number of alkyl halides is 1. The van der Waals surface area contributed by atoms with Crippen molar-refractivity contribution in [1.29, 1.82) is 0 Å². The number of aromatic nitrogens is 2. The predicted octanol–water partition coefficient (Wildman–Crippen LogP) is 3.32. The molecule has 2 rings (SSSR count). The molecule has 1 N–H and O–H groups in total. The molecule has 0 fully saturated rings. The van der Waals surface area contributed by atoms with Gasteiger partial charge in [0.05, 0.1) is 11.2 Å². The number of hydrogen-bond donors (Lipinski definition) is 1. The third-order valence-electron chi connectivity index (χ3n) is 3.33. The monoisotopic (exact) mass is 279 g/mol. The summed E-state index contributed by atoms with van der Waals surface area (Å²) in [7, 11) is 1.99. The summed E-state index contributed by atoms with van der Waals surface area (Å²) < 4.78 is 1.94. The van der Waals surface area contributed by atoms with Crippen LogP contribution in [0, 0.1) is 5.92 Å². The number of hydrogen-bond acceptors (Lipinski definition) is 2. The van der Waals surface area contributed by atoms with Crippen LogP contribution in [0.1, 0.15) is 26.0 Å². The summed E-state index contributed by atoms with van der Waals surface area (Å²) in [4.78, 5) is 0. The molecule has 0 aliphatic heterocycles. The van der Waals surface area contributed by atoms with Gasteiger partial charge in [-0.2, -0.15) is 5.10 Å². The largest absolute Gasteiger partial charge is 0.307 e. The minimum absolute atomic E-state index is 0.349. The molecule has 19 heavy (non-hydrogen) atoms. The van der Waals surface area contributed by atoms with Gasteiger partial charge in [0.15, 0.2) is 0 Å². The van der Waals surface area contributed by atoms with E-state index < -0.39 is 0 Å². The van der Waals surface area contributed by atoms with Gasteiger partial charge >= 0.3 is 0 Å². The summed E-state index contributed by atoms with van der Waals surface area (Å²) in [5, 5.41) is 9.32. The quantitative estimate of drug-likeness (QED) is 0.822. The normalized spacial score (nSPS) is 13.3. The molecule has 0 aliphatic carbocycles. The minimum Gasteiger partial charge on any atom is -0.307 e. The maximum atomic E-state index is 6.01. The van der Waals surface area contributed by atoms with Crippen molar-refractivity contribution in [2.24, 2.45) is 13.0 Å². The van der Waals surface area contributed by atoms with Gasteiger partial charge in [0.25, 0.3) is 0 Å². The predicted molar refractivity (Wildman–Crippen MR) is 81.5 cm³/mol. The third-order valence-corrected chi connectivity index (χ3v) is 3.71. The summed E-state index contributed by atoms with van der Waals surface area (Å²) in [5.74, 6) is 1.29. The number of fused-ring (bicyclic) bond motifs is 1. The average Bonchev–Trinajstić information content (AvgIpc) is 2.72. The van der Waals surface area contributed by atoms with Crippen molar-refractivity contribution in [3.05, 3.63) is 30.0 Å². The molecule has 0 saturated heterocycles. The van der Waals surface area contributed by atoms with E-state index in [-0.39, 0.29) is 0 Å². The van der Waals surface area contributed by atoms with Crippen molar-refractivity contribution in [3.63, 3.8) is 0 Å². The minimum atomic E-state index is 0.349. The highest BCUT2D eigenvalue weighted by Crippen LogP contribution is 2.17. The van der Waals surface area contributed by atoms with Crippen LogP contribution in [0.15, 0.2) is 24.3 Å². The van der Waals surface area contributed by atoms with E-state index in [9.17, 15) is 0 Å². The van der Waals surface area contributed by atoms with Gasteiger partial charge in [-0.1, -0.05) is 32.0 Å². The Balaban J connectivity index is 2.09. The highest BCUT2D eigenvalue weighted by Gasteiger charge is 2.12. The van der Waals surface area contributed by atoms with Gasteiger partial charge in [-0.25, -0.2) is 0 Å². The van der Waals surface area contributed by atoms with E-state index in [1.54, 1.807) is 0 Å². The van der Waals surface area contributed by atoms with Crippen molar-refractivity contribution < 1.29 is 0 Å². The van der Waals surface area contributed by atoms with Crippen LogP contribution in [-0.2, 0) is 13.6 Å². The number of halogens is 1. The lowest BCUT2D eigenvalue weighted by Gasteiger charge is -2.17. The second-order valence-electron chi connectivity index (χ2n) is 5.45. The highest BCUT2D eigenvalue weighted by molar-refractivity contribution is 6.18. The maximum absolute atomic E-state index is 6.01. The lowest BCUT2D eigenvalue weighted by molar-refractivity contribution is 0.442. The molecular weight excluding hydrogens is 258 g/mol. The molecule has 0 saturated carbocycles. The molecule has 1 unspecified atom stereocenters. The lowest BCUT2D eigenvalue weighted by Crippen LogP contribution is -2.31. The SMILES string of the molecule is CC(C)CC(CCl)NCc1nn(C)c2ccccc12. The number of rotatable bonds is 6. The van der Waals surface area contributed by atoms with Gasteiger partial charge in [-0.05, 0) is 18.4 Å². The van der Waals surface area contributed by atoms with Gasteiger partial charge in [-0.3, -0.25) is 4.68 Å². The Morgan fingerprint density at radius 3 is 2.74 bits per heavy atom. The topological polar surface area (TPSA) is 29.9 Å². The molecule has 1 aromatic carbocycles. The van der Waals surface area contributed by atoms with Crippen LogP contribution in [0.4, 0.5) is 0 Å². The zero-order valence-electron chi connectivity index (χ0n) is 11.9. The molecule has 4 heteroatoms. The first kappa shape index (κ1) is 14.4. The molecule has 0 radical (unpaired) electrons. The van der Waals surface area contributed by atoms with Gasteiger partial charge in [0.2, 0.25) is 0 Å². The standard InChI is InChI=1S/C15H22ClN3/c1-11(2)8-12(9-16)17-10-14-13-6-4-5-7-15(13)19(3)18-14/h4-7,11-12,17H,8-10H2,1-3H3. The van der Waals surface area contributed by atoms with E-state index in [2.05, 4.69) is 42.5 Å². The zero-order chi connectivity index (χ0) is 13.8. The second kappa shape index (κ2) is 6.40. The number of benzene rings is 1. The fourth-order valence-electron chi connectivity index (χ4n) is 2.43. The van der Waals surface area contributed by atoms with Gasteiger partial charge in [0.1, 0.15) is 0 Å². The Bertz CT molecular complexity index is 533. The molecule has 0 aliphatic rings. The van der Waals surface area contributed by atoms with Crippen LogP contribution in [0.25, 0.3) is 10.9 Å². The van der Waals surface area contributed by atoms with Gasteiger partial charge in [-0.15, -0.1) is 11.6 Å². The smallest absolute Gasteiger partial charge is 0.0841 e. The van der Waals surface area contributed by atoms with Crippen LogP contribution < -0.4 is 5.32 Å². The molecule has 0 amide bonds. The Labute approximate surface area is 119 Å². The van der Waals surface area contributed by atoms with Crippen LogP contribution >= 0.6 is 11.6 Å². The summed E-state index contributed by atoms with van der Waals surface area (Å²) >= 11 is 6.01. The Morgan fingerprint density at radius 2 is 2.05 bits per heavy atom. The van der Waals surface area contributed by atoms with Crippen LogP contribution in [0.2, 0.25) is 0 Å². The molecule has 3 nitrogen and oxygen atoms in total. The number of para-hydroxylation sites is 1. The van der Waals surface area contributed by atoms with E-state index in [1.165, 1.54) is 10.9 Å². The Hall–Kier alpha value is -1.06. The molecular formula is C15H22ClN3. The van der Waals surface area contributed by atoms with Crippen molar-refractivity contribution >= 4 is 22.5 Å². The summed E-state index contributed by atoms with van der Waals surface area (Å²) in [6, 6.07) is 8.67. The van der Waals surface area contributed by atoms with E-state index >= 15 is 0 Å². The van der Waals surface area contributed by atoms with Crippen LogP contribution in [0.3, 0.4) is 0 Å². The maximum Gasteiger partial charge on any atom is 0.0841 e. The first-order chi connectivity index (χ1) is 9.11. The molecule has 104 valence electrons. The second-order valence-corrected chi connectivity index (χ2v) is 5.76. The van der Waals surface area contributed by atoms with Crippen LogP contribution in [-0.4, -0.2) is 21.7 Å². The van der Waals surface area contributed by atoms with E-state index in [0.717, 1.165) is 18.7 Å². The van der Waals surface area contributed by atoms with Crippen molar-refractivity contribution in [1.82, 2.24) is 15.1 Å². The van der Waals surface area contributed by atoms with Gasteiger partial charge < -0.3 is 5.32 Å². The summed E-state index contributed by atoms with van der Waals surface area (Å²) in [6.07, 6.45) is 1.09. The molecule has 1 heterocycles. The molecule has 2 aromatic rings. The molecule has 0 bridgehead atoms. The fraction of sp³-hybridized carbons (Fsp3) is 0.533. The molecule has 1 atom stereocenters. The molecule has 0 spiro atoms. The number of aryl methyl sites for hydroxylation is 1. The van der Waals surface area contributed by atoms with Crippen LogP contribution in [0.5, 0.6) is 0 Å². The number of nitrogens with one attached hydrogen (secondary N) is 1. The highest BCUT2D eigenvalue weighted by atomic mass is 35.5. The molecule has 1 aromatic heterocycles.